The van der Waals surface area contributed by atoms with Crippen LogP contribution in [0.1, 0.15) is 41.0 Å². The van der Waals surface area contributed by atoms with E-state index < -0.39 is 8.80 Å². The number of rotatable bonds is 9. The lowest BCUT2D eigenvalue weighted by Crippen LogP contribution is -2.46. The van der Waals surface area contributed by atoms with Crippen molar-refractivity contribution in [3.05, 3.63) is 0 Å². The normalized spacial score (nSPS) is 12.4. The molecule has 0 aromatic heterocycles. The molecule has 0 rings (SSSR count). The Morgan fingerprint density at radius 3 is 1.53 bits per heavy atom. The molecule has 0 heterocycles. The van der Waals surface area contributed by atoms with Crippen LogP contribution in [0.2, 0.25) is 6.04 Å². The van der Waals surface area contributed by atoms with Gasteiger partial charge in [0.25, 0.3) is 0 Å². The van der Waals surface area contributed by atoms with Gasteiger partial charge in [0.15, 0.2) is 0 Å². The molecular formula is C11H26O3Si. The smallest absolute Gasteiger partial charge is 0.374 e. The maximum Gasteiger partial charge on any atom is 0.500 e. The Labute approximate surface area is 95.5 Å². The third kappa shape index (κ3) is 6.30. The molecule has 0 aliphatic rings. The summed E-state index contributed by atoms with van der Waals surface area (Å²) >= 11 is 0. The van der Waals surface area contributed by atoms with Crippen LogP contribution in [0, 0.1) is 5.92 Å². The van der Waals surface area contributed by atoms with E-state index in [4.69, 9.17) is 13.3 Å². The second-order valence-corrected chi connectivity index (χ2v) is 6.65. The molecule has 0 amide bonds. The summed E-state index contributed by atoms with van der Waals surface area (Å²) in [4.78, 5) is 0. The highest BCUT2D eigenvalue weighted by Crippen LogP contribution is 2.20. The molecular weight excluding hydrogens is 208 g/mol. The number of hydrogen-bond donors (Lipinski definition) is 0. The van der Waals surface area contributed by atoms with E-state index in [1.807, 2.05) is 20.8 Å². The zero-order valence-corrected chi connectivity index (χ0v) is 11.8. The summed E-state index contributed by atoms with van der Waals surface area (Å²) in [5.74, 6) is 0.665. The summed E-state index contributed by atoms with van der Waals surface area (Å²) in [6.45, 7) is 12.4. The van der Waals surface area contributed by atoms with Gasteiger partial charge < -0.3 is 13.3 Å². The summed E-state index contributed by atoms with van der Waals surface area (Å²) in [6, 6.07) is 0.931. The quantitative estimate of drug-likeness (QED) is 0.574. The van der Waals surface area contributed by atoms with Crippen LogP contribution in [-0.2, 0) is 13.3 Å². The third-order valence-corrected chi connectivity index (χ3v) is 5.21. The van der Waals surface area contributed by atoms with E-state index >= 15 is 0 Å². The Bertz CT molecular complexity index is 134. The first-order valence-electron chi connectivity index (χ1n) is 6.02. The molecule has 0 N–H and O–H groups in total. The van der Waals surface area contributed by atoms with Gasteiger partial charge in [-0.3, -0.25) is 0 Å². The minimum Gasteiger partial charge on any atom is -0.374 e. The van der Waals surface area contributed by atoms with E-state index in [9.17, 15) is 0 Å². The molecule has 0 spiro atoms. The van der Waals surface area contributed by atoms with Gasteiger partial charge in [-0.1, -0.05) is 13.8 Å². The lowest BCUT2D eigenvalue weighted by molar-refractivity contribution is 0.0699. The van der Waals surface area contributed by atoms with Gasteiger partial charge in [-0.2, -0.15) is 0 Å². The predicted octanol–water partition coefficient (Wildman–Crippen LogP) is 3.08. The van der Waals surface area contributed by atoms with Crippen molar-refractivity contribution in [1.29, 1.82) is 0 Å². The fourth-order valence-corrected chi connectivity index (χ4v) is 4.40. The second kappa shape index (κ2) is 8.27. The van der Waals surface area contributed by atoms with Crippen LogP contribution in [0.15, 0.2) is 0 Å². The van der Waals surface area contributed by atoms with Crippen molar-refractivity contribution in [2.45, 2.75) is 47.1 Å². The van der Waals surface area contributed by atoms with Crippen LogP contribution in [0.25, 0.3) is 0 Å². The van der Waals surface area contributed by atoms with Crippen LogP contribution in [0.4, 0.5) is 0 Å². The topological polar surface area (TPSA) is 27.7 Å². The fourth-order valence-electron chi connectivity index (χ4n) is 1.47. The molecule has 0 fully saturated rings. The second-order valence-electron chi connectivity index (χ2n) is 3.91. The van der Waals surface area contributed by atoms with E-state index in [2.05, 4.69) is 13.8 Å². The Hall–Kier alpha value is 0.0969. The van der Waals surface area contributed by atoms with E-state index in [0.717, 1.165) is 12.5 Å². The zero-order valence-electron chi connectivity index (χ0n) is 10.8. The Kier molecular flexibility index (Phi) is 8.33. The predicted molar refractivity (Wildman–Crippen MR) is 64.9 cm³/mol. The van der Waals surface area contributed by atoms with Gasteiger partial charge in [0, 0.05) is 25.9 Å². The van der Waals surface area contributed by atoms with Crippen LogP contribution >= 0.6 is 0 Å². The highest BCUT2D eigenvalue weighted by molar-refractivity contribution is 6.60. The van der Waals surface area contributed by atoms with Gasteiger partial charge in [-0.05, 0) is 33.1 Å². The maximum atomic E-state index is 5.76. The average Bonchev–Trinajstić information content (AvgIpc) is 2.16. The molecule has 0 atom stereocenters. The standard InChI is InChI=1S/C11H26O3Si/c1-6-12-15(13-7-2,14-8-3)10-9-11(4)5/h11H,6-10H2,1-5H3. The van der Waals surface area contributed by atoms with Crippen molar-refractivity contribution in [3.8, 4) is 0 Å². The van der Waals surface area contributed by atoms with Gasteiger partial charge in [0.2, 0.25) is 0 Å². The highest BCUT2D eigenvalue weighted by Gasteiger charge is 2.39. The van der Waals surface area contributed by atoms with E-state index in [1.54, 1.807) is 0 Å². The first-order valence-corrected chi connectivity index (χ1v) is 7.95. The molecule has 0 aromatic carbocycles. The van der Waals surface area contributed by atoms with Gasteiger partial charge in [-0.25, -0.2) is 0 Å². The van der Waals surface area contributed by atoms with Crippen molar-refractivity contribution < 1.29 is 13.3 Å². The van der Waals surface area contributed by atoms with Crippen LogP contribution in [-0.4, -0.2) is 28.6 Å². The molecule has 3 nitrogen and oxygen atoms in total. The molecule has 0 bridgehead atoms. The van der Waals surface area contributed by atoms with Gasteiger partial charge >= 0.3 is 8.80 Å². The van der Waals surface area contributed by atoms with Crippen molar-refractivity contribution in [1.82, 2.24) is 0 Å². The van der Waals surface area contributed by atoms with Gasteiger partial charge in [-0.15, -0.1) is 0 Å². The van der Waals surface area contributed by atoms with E-state index in [-0.39, 0.29) is 0 Å². The minimum atomic E-state index is -2.36. The zero-order chi connectivity index (χ0) is 11.7. The van der Waals surface area contributed by atoms with Crippen molar-refractivity contribution in [2.24, 2.45) is 5.92 Å². The molecule has 0 radical (unpaired) electrons. The van der Waals surface area contributed by atoms with E-state index in [1.165, 1.54) is 0 Å². The SMILES string of the molecule is CCO[Si](CCC(C)C)(OCC)OCC. The van der Waals surface area contributed by atoms with Crippen LogP contribution in [0.5, 0.6) is 0 Å². The van der Waals surface area contributed by atoms with Crippen molar-refractivity contribution in [2.75, 3.05) is 19.8 Å². The lowest BCUT2D eigenvalue weighted by atomic mass is 10.2. The Balaban J connectivity index is 4.31. The number of hydrogen-bond acceptors (Lipinski definition) is 3. The Morgan fingerprint density at radius 1 is 0.867 bits per heavy atom. The highest BCUT2D eigenvalue weighted by atomic mass is 28.4. The molecule has 0 saturated carbocycles. The average molecular weight is 234 g/mol. The molecule has 0 aromatic rings. The largest absolute Gasteiger partial charge is 0.500 e. The maximum absolute atomic E-state index is 5.76. The lowest BCUT2D eigenvalue weighted by Gasteiger charge is -2.28. The van der Waals surface area contributed by atoms with Crippen LogP contribution in [0.3, 0.4) is 0 Å². The molecule has 15 heavy (non-hydrogen) atoms. The summed E-state index contributed by atoms with van der Waals surface area (Å²) in [5.41, 5.74) is 0. The summed E-state index contributed by atoms with van der Waals surface area (Å²) in [7, 11) is -2.36. The summed E-state index contributed by atoms with van der Waals surface area (Å²) in [5, 5.41) is 0. The van der Waals surface area contributed by atoms with Gasteiger partial charge in [0.1, 0.15) is 0 Å². The Morgan fingerprint density at radius 2 is 1.27 bits per heavy atom. The monoisotopic (exact) mass is 234 g/mol. The molecule has 0 aliphatic carbocycles. The third-order valence-electron chi connectivity index (χ3n) is 2.12. The molecule has 0 aliphatic heterocycles. The first-order chi connectivity index (χ1) is 7.10. The fraction of sp³-hybridized carbons (Fsp3) is 1.00. The summed E-state index contributed by atoms with van der Waals surface area (Å²) < 4.78 is 17.3. The first kappa shape index (κ1) is 15.1. The molecule has 4 heteroatoms. The van der Waals surface area contributed by atoms with Crippen LogP contribution < -0.4 is 0 Å². The minimum absolute atomic E-state index is 0.665. The van der Waals surface area contributed by atoms with E-state index in [0.29, 0.717) is 25.7 Å². The van der Waals surface area contributed by atoms with Crippen molar-refractivity contribution >= 4 is 8.80 Å². The van der Waals surface area contributed by atoms with Gasteiger partial charge in [0.05, 0.1) is 0 Å². The molecule has 0 saturated heterocycles. The summed E-state index contributed by atoms with van der Waals surface area (Å²) in [6.07, 6.45) is 1.10. The van der Waals surface area contributed by atoms with Crippen molar-refractivity contribution in [3.63, 3.8) is 0 Å². The molecule has 92 valence electrons. The molecule has 0 unspecified atom stereocenters.